The molecule has 0 spiro atoms. The summed E-state index contributed by atoms with van der Waals surface area (Å²) in [5.41, 5.74) is 0.701. The van der Waals surface area contributed by atoms with Crippen LogP contribution in [0.25, 0.3) is 10.8 Å². The van der Waals surface area contributed by atoms with Crippen LogP contribution in [-0.2, 0) is 6.61 Å². The van der Waals surface area contributed by atoms with Crippen molar-refractivity contribution in [2.24, 2.45) is 0 Å². The molecule has 1 aromatic heterocycles. The van der Waals surface area contributed by atoms with Crippen LogP contribution in [-0.4, -0.2) is 0 Å². The summed E-state index contributed by atoms with van der Waals surface area (Å²) in [7, 11) is 0. The van der Waals surface area contributed by atoms with Gasteiger partial charge in [-0.15, -0.1) is 0 Å². The van der Waals surface area contributed by atoms with Crippen molar-refractivity contribution in [3.8, 4) is 5.75 Å². The van der Waals surface area contributed by atoms with Crippen LogP contribution >= 0.6 is 0 Å². The maximum Gasteiger partial charge on any atom is 0.339 e. The molecule has 0 aliphatic carbocycles. The van der Waals surface area contributed by atoms with E-state index in [0.717, 1.165) is 10.9 Å². The molecule has 100 valence electrons. The van der Waals surface area contributed by atoms with Gasteiger partial charge in [0, 0.05) is 6.07 Å². The highest BCUT2D eigenvalue weighted by molar-refractivity contribution is 5.85. The van der Waals surface area contributed by atoms with E-state index in [4.69, 9.17) is 9.15 Å². The molecule has 0 saturated carbocycles. The highest BCUT2D eigenvalue weighted by Crippen LogP contribution is 2.20. The van der Waals surface area contributed by atoms with Crippen molar-refractivity contribution in [2.75, 3.05) is 0 Å². The van der Waals surface area contributed by atoms with E-state index in [9.17, 15) is 4.79 Å². The van der Waals surface area contributed by atoms with Gasteiger partial charge in [0.2, 0.25) is 0 Å². The zero-order valence-corrected chi connectivity index (χ0v) is 11.1. The maximum absolute atomic E-state index is 11.3. The maximum atomic E-state index is 11.3. The number of benzene rings is 2. The first kappa shape index (κ1) is 12.5. The van der Waals surface area contributed by atoms with Crippen LogP contribution in [0.1, 0.15) is 11.3 Å². The van der Waals surface area contributed by atoms with Gasteiger partial charge in [0.15, 0.2) is 0 Å². The molecule has 0 amide bonds. The third kappa shape index (κ3) is 2.57. The van der Waals surface area contributed by atoms with Crippen molar-refractivity contribution in [2.45, 2.75) is 13.5 Å². The largest absolute Gasteiger partial charge is 0.488 e. The molecular formula is C17H14O3. The van der Waals surface area contributed by atoms with E-state index in [1.807, 2.05) is 24.3 Å². The smallest absolute Gasteiger partial charge is 0.339 e. The third-order valence-corrected chi connectivity index (χ3v) is 3.14. The van der Waals surface area contributed by atoms with Gasteiger partial charge in [-0.1, -0.05) is 42.5 Å². The normalized spacial score (nSPS) is 10.7. The van der Waals surface area contributed by atoms with Crippen LogP contribution in [0.5, 0.6) is 5.75 Å². The standard InChI is InChI=1S/C17H14O3/c1-12-9-15(10-17(18)20-12)19-11-14-7-4-6-13-5-2-3-8-16(13)14/h2-10H,11H2,1H3. The first-order valence-electron chi connectivity index (χ1n) is 6.43. The Hall–Kier alpha value is -2.55. The van der Waals surface area contributed by atoms with Crippen LogP contribution in [0.2, 0.25) is 0 Å². The van der Waals surface area contributed by atoms with E-state index in [0.29, 0.717) is 18.1 Å². The quantitative estimate of drug-likeness (QED) is 0.726. The number of hydrogen-bond acceptors (Lipinski definition) is 3. The fourth-order valence-corrected chi connectivity index (χ4v) is 2.24. The Morgan fingerprint density at radius 3 is 2.70 bits per heavy atom. The fourth-order valence-electron chi connectivity index (χ4n) is 2.24. The van der Waals surface area contributed by atoms with Gasteiger partial charge < -0.3 is 9.15 Å². The van der Waals surface area contributed by atoms with E-state index >= 15 is 0 Å². The third-order valence-electron chi connectivity index (χ3n) is 3.14. The molecule has 0 unspecified atom stereocenters. The van der Waals surface area contributed by atoms with Crippen molar-refractivity contribution in [3.63, 3.8) is 0 Å². The highest BCUT2D eigenvalue weighted by atomic mass is 16.5. The Balaban J connectivity index is 1.88. The van der Waals surface area contributed by atoms with Gasteiger partial charge in [-0.3, -0.25) is 0 Å². The van der Waals surface area contributed by atoms with E-state index in [-0.39, 0.29) is 0 Å². The Kier molecular flexibility index (Phi) is 3.25. The van der Waals surface area contributed by atoms with Crippen LogP contribution in [0.15, 0.2) is 63.8 Å². The van der Waals surface area contributed by atoms with Crippen molar-refractivity contribution < 1.29 is 9.15 Å². The molecule has 3 aromatic rings. The van der Waals surface area contributed by atoms with E-state index < -0.39 is 5.63 Å². The minimum atomic E-state index is -0.391. The van der Waals surface area contributed by atoms with Gasteiger partial charge in [-0.2, -0.15) is 0 Å². The van der Waals surface area contributed by atoms with E-state index in [1.54, 1.807) is 13.0 Å². The molecule has 1 heterocycles. The number of ether oxygens (including phenoxy) is 1. The predicted molar refractivity (Wildman–Crippen MR) is 78.0 cm³/mol. The van der Waals surface area contributed by atoms with E-state index in [2.05, 4.69) is 18.2 Å². The predicted octanol–water partition coefficient (Wildman–Crippen LogP) is 3.68. The average molecular weight is 266 g/mol. The lowest BCUT2D eigenvalue weighted by Crippen LogP contribution is -2.02. The first-order valence-corrected chi connectivity index (χ1v) is 6.43. The topological polar surface area (TPSA) is 39.4 Å². The summed E-state index contributed by atoms with van der Waals surface area (Å²) in [6.07, 6.45) is 0. The van der Waals surface area contributed by atoms with Crippen molar-refractivity contribution in [1.82, 2.24) is 0 Å². The minimum Gasteiger partial charge on any atom is -0.488 e. The molecule has 0 fully saturated rings. The molecule has 0 N–H and O–H groups in total. The molecule has 3 heteroatoms. The van der Waals surface area contributed by atoms with Crippen LogP contribution in [0.3, 0.4) is 0 Å². The SMILES string of the molecule is Cc1cc(OCc2cccc3ccccc23)cc(=O)o1. The van der Waals surface area contributed by atoms with Gasteiger partial charge in [0.05, 0.1) is 6.07 Å². The molecular weight excluding hydrogens is 252 g/mol. The zero-order chi connectivity index (χ0) is 13.9. The minimum absolute atomic E-state index is 0.391. The van der Waals surface area contributed by atoms with Crippen molar-refractivity contribution in [3.05, 3.63) is 76.3 Å². The van der Waals surface area contributed by atoms with Gasteiger partial charge in [-0.25, -0.2) is 4.79 Å². The highest BCUT2D eigenvalue weighted by Gasteiger charge is 2.03. The van der Waals surface area contributed by atoms with Crippen molar-refractivity contribution in [1.29, 1.82) is 0 Å². The Bertz CT molecular complexity index is 797. The molecule has 0 saturated heterocycles. The second-order valence-electron chi connectivity index (χ2n) is 4.65. The second-order valence-corrected chi connectivity index (χ2v) is 4.65. The summed E-state index contributed by atoms with van der Waals surface area (Å²) < 4.78 is 10.6. The van der Waals surface area contributed by atoms with Crippen LogP contribution in [0, 0.1) is 6.92 Å². The summed E-state index contributed by atoms with van der Waals surface area (Å²) in [5.74, 6) is 1.08. The lowest BCUT2D eigenvalue weighted by atomic mass is 10.1. The Morgan fingerprint density at radius 2 is 1.85 bits per heavy atom. The molecule has 3 nitrogen and oxygen atoms in total. The molecule has 0 radical (unpaired) electrons. The number of hydrogen-bond donors (Lipinski definition) is 0. The van der Waals surface area contributed by atoms with Crippen LogP contribution in [0.4, 0.5) is 0 Å². The molecule has 0 aliphatic rings. The first-order chi connectivity index (χ1) is 9.72. The summed E-state index contributed by atoms with van der Waals surface area (Å²) in [4.78, 5) is 11.3. The lowest BCUT2D eigenvalue weighted by molar-refractivity contribution is 0.301. The number of aryl methyl sites for hydroxylation is 1. The zero-order valence-electron chi connectivity index (χ0n) is 11.1. The average Bonchev–Trinajstić information content (AvgIpc) is 2.44. The molecule has 3 rings (SSSR count). The van der Waals surface area contributed by atoms with Gasteiger partial charge in [-0.05, 0) is 23.3 Å². The van der Waals surface area contributed by atoms with Gasteiger partial charge in [0.25, 0.3) is 0 Å². The fraction of sp³-hybridized carbons (Fsp3) is 0.118. The van der Waals surface area contributed by atoms with Crippen LogP contribution < -0.4 is 10.4 Å². The number of fused-ring (bicyclic) bond motifs is 1. The molecule has 2 aromatic carbocycles. The second kappa shape index (κ2) is 5.21. The summed E-state index contributed by atoms with van der Waals surface area (Å²) >= 11 is 0. The summed E-state index contributed by atoms with van der Waals surface area (Å²) in [6, 6.07) is 17.3. The van der Waals surface area contributed by atoms with Gasteiger partial charge >= 0.3 is 5.63 Å². The molecule has 20 heavy (non-hydrogen) atoms. The lowest BCUT2D eigenvalue weighted by Gasteiger charge is -2.09. The molecule has 0 bridgehead atoms. The molecule has 0 aliphatic heterocycles. The number of rotatable bonds is 3. The summed E-state index contributed by atoms with van der Waals surface area (Å²) in [6.45, 7) is 2.15. The Labute approximate surface area is 116 Å². The summed E-state index contributed by atoms with van der Waals surface area (Å²) in [5, 5.41) is 2.34. The molecule has 0 atom stereocenters. The monoisotopic (exact) mass is 266 g/mol. The van der Waals surface area contributed by atoms with Crippen molar-refractivity contribution >= 4 is 10.8 Å². The van der Waals surface area contributed by atoms with Gasteiger partial charge in [0.1, 0.15) is 18.1 Å². The van der Waals surface area contributed by atoms with E-state index in [1.165, 1.54) is 11.5 Å². The Morgan fingerprint density at radius 1 is 1.05 bits per heavy atom.